The summed E-state index contributed by atoms with van der Waals surface area (Å²) in [4.78, 5) is 49.2. The van der Waals surface area contributed by atoms with E-state index >= 15 is 0 Å². The molecule has 1 saturated heterocycles. The van der Waals surface area contributed by atoms with Crippen LogP contribution in [0.2, 0.25) is 0 Å². The molecule has 1 heterocycles. The highest BCUT2D eigenvalue weighted by molar-refractivity contribution is 8.01. The predicted molar refractivity (Wildman–Crippen MR) is 93.6 cm³/mol. The molecule has 0 N–H and O–H groups in total. The lowest BCUT2D eigenvalue weighted by atomic mass is 9.80. The highest BCUT2D eigenvalue weighted by Gasteiger charge is 2.40. The number of carbonyl (C=O) groups is 4. The SMILES string of the molecule is CC(=O)C1CCC(CN2C(=O)CC(SCC(=O)C(C)C)C2=O)CC1. The summed E-state index contributed by atoms with van der Waals surface area (Å²) >= 11 is 1.30. The van der Waals surface area contributed by atoms with E-state index in [1.807, 2.05) is 13.8 Å². The van der Waals surface area contributed by atoms with Gasteiger partial charge in [-0.05, 0) is 38.5 Å². The van der Waals surface area contributed by atoms with Crippen LogP contribution in [0.25, 0.3) is 0 Å². The second kappa shape index (κ2) is 8.28. The Labute approximate surface area is 147 Å². The van der Waals surface area contributed by atoms with Crippen molar-refractivity contribution in [2.24, 2.45) is 17.8 Å². The number of hydrogen-bond donors (Lipinski definition) is 0. The normalized spacial score (nSPS) is 27.8. The number of rotatable bonds is 7. The molecule has 2 aliphatic rings. The first kappa shape index (κ1) is 19.2. The maximum absolute atomic E-state index is 12.5. The van der Waals surface area contributed by atoms with Gasteiger partial charge in [0, 0.05) is 24.8 Å². The number of hydrogen-bond acceptors (Lipinski definition) is 5. The summed E-state index contributed by atoms with van der Waals surface area (Å²) < 4.78 is 0. The molecule has 5 nitrogen and oxygen atoms in total. The fraction of sp³-hybridized carbons (Fsp3) is 0.778. The molecular weight excluding hydrogens is 326 g/mol. The fourth-order valence-corrected chi connectivity index (χ4v) is 4.56. The minimum absolute atomic E-state index is 0.0442. The molecule has 134 valence electrons. The average Bonchev–Trinajstić information content (AvgIpc) is 2.80. The van der Waals surface area contributed by atoms with Crippen molar-refractivity contribution in [2.75, 3.05) is 12.3 Å². The van der Waals surface area contributed by atoms with Crippen LogP contribution in [0.15, 0.2) is 0 Å². The van der Waals surface area contributed by atoms with Crippen LogP contribution in [0, 0.1) is 17.8 Å². The molecule has 2 amide bonds. The highest BCUT2D eigenvalue weighted by atomic mass is 32.2. The average molecular weight is 353 g/mol. The summed E-state index contributed by atoms with van der Waals surface area (Å²) in [6, 6.07) is 0. The topological polar surface area (TPSA) is 71.5 Å². The quantitative estimate of drug-likeness (QED) is 0.658. The van der Waals surface area contributed by atoms with E-state index in [0.29, 0.717) is 18.2 Å². The summed E-state index contributed by atoms with van der Waals surface area (Å²) in [6.07, 6.45) is 3.71. The molecule has 0 aromatic heterocycles. The van der Waals surface area contributed by atoms with Gasteiger partial charge in [-0.15, -0.1) is 11.8 Å². The minimum atomic E-state index is -0.409. The third-order valence-corrected chi connectivity index (χ3v) is 6.36. The van der Waals surface area contributed by atoms with Crippen molar-refractivity contribution in [3.8, 4) is 0 Å². The molecule has 0 spiro atoms. The van der Waals surface area contributed by atoms with Gasteiger partial charge in [-0.3, -0.25) is 24.1 Å². The molecule has 0 aromatic carbocycles. The van der Waals surface area contributed by atoms with Crippen molar-refractivity contribution in [1.82, 2.24) is 4.90 Å². The van der Waals surface area contributed by atoms with Gasteiger partial charge < -0.3 is 0 Å². The Bertz CT molecular complexity index is 523. The molecule has 1 saturated carbocycles. The van der Waals surface area contributed by atoms with E-state index in [4.69, 9.17) is 0 Å². The van der Waals surface area contributed by atoms with E-state index in [1.54, 1.807) is 6.92 Å². The van der Waals surface area contributed by atoms with E-state index in [0.717, 1.165) is 25.7 Å². The zero-order chi connectivity index (χ0) is 17.9. The second-order valence-electron chi connectivity index (χ2n) is 7.30. The first-order valence-corrected chi connectivity index (χ1v) is 9.83. The lowest BCUT2D eigenvalue weighted by Gasteiger charge is -2.29. The van der Waals surface area contributed by atoms with E-state index in [9.17, 15) is 19.2 Å². The molecule has 1 aliphatic heterocycles. The summed E-state index contributed by atoms with van der Waals surface area (Å²) in [5.41, 5.74) is 0. The van der Waals surface area contributed by atoms with Gasteiger partial charge in [0.2, 0.25) is 11.8 Å². The number of ketones is 2. The van der Waals surface area contributed by atoms with Crippen LogP contribution in [0.1, 0.15) is 52.9 Å². The zero-order valence-corrected chi connectivity index (χ0v) is 15.6. The smallest absolute Gasteiger partial charge is 0.242 e. The Morgan fingerprint density at radius 3 is 2.33 bits per heavy atom. The molecular formula is C18H27NO4S. The maximum atomic E-state index is 12.5. The largest absolute Gasteiger partial charge is 0.300 e. The zero-order valence-electron chi connectivity index (χ0n) is 14.7. The highest BCUT2D eigenvalue weighted by Crippen LogP contribution is 2.32. The van der Waals surface area contributed by atoms with Gasteiger partial charge in [0.15, 0.2) is 0 Å². The Kier molecular flexibility index (Phi) is 6.61. The van der Waals surface area contributed by atoms with Crippen LogP contribution in [0.4, 0.5) is 0 Å². The standard InChI is InChI=1S/C18H27NO4S/c1-11(2)15(21)10-24-16-8-17(22)19(18(16)23)9-13-4-6-14(7-5-13)12(3)20/h11,13-14,16H,4-10H2,1-3H3. The van der Waals surface area contributed by atoms with Crippen LogP contribution in [-0.4, -0.2) is 45.8 Å². The maximum Gasteiger partial charge on any atom is 0.242 e. The molecule has 1 unspecified atom stereocenters. The van der Waals surface area contributed by atoms with Crippen molar-refractivity contribution in [3.05, 3.63) is 0 Å². The molecule has 0 aromatic rings. The Balaban J connectivity index is 1.84. The number of thioether (sulfide) groups is 1. The van der Waals surface area contributed by atoms with Gasteiger partial charge in [-0.1, -0.05) is 13.8 Å². The van der Waals surface area contributed by atoms with Crippen LogP contribution in [0.5, 0.6) is 0 Å². The molecule has 6 heteroatoms. The minimum Gasteiger partial charge on any atom is -0.300 e. The van der Waals surface area contributed by atoms with Crippen molar-refractivity contribution >= 4 is 35.1 Å². The van der Waals surface area contributed by atoms with Gasteiger partial charge in [-0.25, -0.2) is 0 Å². The Hall–Kier alpha value is -1.17. The van der Waals surface area contributed by atoms with E-state index in [1.165, 1.54) is 16.7 Å². The molecule has 1 aliphatic carbocycles. The first-order valence-electron chi connectivity index (χ1n) is 8.78. The molecule has 2 fully saturated rings. The number of carbonyl (C=O) groups excluding carboxylic acids is 4. The van der Waals surface area contributed by atoms with Gasteiger partial charge >= 0.3 is 0 Å². The molecule has 1 atom stereocenters. The van der Waals surface area contributed by atoms with Crippen LogP contribution < -0.4 is 0 Å². The lowest BCUT2D eigenvalue weighted by Crippen LogP contribution is -2.37. The molecule has 0 bridgehead atoms. The third-order valence-electron chi connectivity index (χ3n) is 5.14. The molecule has 24 heavy (non-hydrogen) atoms. The number of imide groups is 1. The van der Waals surface area contributed by atoms with Crippen LogP contribution >= 0.6 is 11.8 Å². The molecule has 0 radical (unpaired) electrons. The number of Topliss-reactive ketones (excluding diaryl/α,β-unsaturated/α-hetero) is 2. The Morgan fingerprint density at radius 2 is 1.79 bits per heavy atom. The molecule has 2 rings (SSSR count). The van der Waals surface area contributed by atoms with Gasteiger partial charge in [0.05, 0.1) is 11.0 Å². The fourth-order valence-electron chi connectivity index (χ4n) is 3.33. The predicted octanol–water partition coefficient (Wildman–Crippen LogP) is 2.47. The van der Waals surface area contributed by atoms with Crippen molar-refractivity contribution in [3.63, 3.8) is 0 Å². The monoisotopic (exact) mass is 353 g/mol. The number of nitrogens with zero attached hydrogens (tertiary/aromatic N) is 1. The number of likely N-dealkylation sites (tertiary alicyclic amines) is 1. The summed E-state index contributed by atoms with van der Waals surface area (Å²) in [7, 11) is 0. The van der Waals surface area contributed by atoms with Gasteiger partial charge in [-0.2, -0.15) is 0 Å². The van der Waals surface area contributed by atoms with Crippen LogP contribution in [0.3, 0.4) is 0 Å². The number of amides is 2. The second-order valence-corrected chi connectivity index (χ2v) is 8.49. The summed E-state index contributed by atoms with van der Waals surface area (Å²) in [5, 5.41) is -0.409. The van der Waals surface area contributed by atoms with Crippen molar-refractivity contribution < 1.29 is 19.2 Å². The van der Waals surface area contributed by atoms with Gasteiger partial charge in [0.1, 0.15) is 11.6 Å². The van der Waals surface area contributed by atoms with E-state index < -0.39 is 5.25 Å². The summed E-state index contributed by atoms with van der Waals surface area (Å²) in [5.74, 6) is 0.787. The van der Waals surface area contributed by atoms with Crippen molar-refractivity contribution in [2.45, 2.75) is 58.1 Å². The van der Waals surface area contributed by atoms with Crippen LogP contribution in [-0.2, 0) is 19.2 Å². The van der Waals surface area contributed by atoms with Crippen molar-refractivity contribution in [1.29, 1.82) is 0 Å². The van der Waals surface area contributed by atoms with E-state index in [2.05, 4.69) is 0 Å². The summed E-state index contributed by atoms with van der Waals surface area (Å²) in [6.45, 7) is 5.79. The third kappa shape index (κ3) is 4.68. The first-order chi connectivity index (χ1) is 11.3. The van der Waals surface area contributed by atoms with E-state index in [-0.39, 0.29) is 41.6 Å². The van der Waals surface area contributed by atoms with Gasteiger partial charge in [0.25, 0.3) is 0 Å². The lowest BCUT2D eigenvalue weighted by molar-refractivity contribution is -0.139. The Morgan fingerprint density at radius 1 is 1.17 bits per heavy atom.